The Morgan fingerprint density at radius 1 is 1.12 bits per heavy atom. The van der Waals surface area contributed by atoms with Crippen LogP contribution in [0, 0.1) is 20.2 Å². The number of nitro groups is 2. The van der Waals surface area contributed by atoms with Gasteiger partial charge in [0, 0.05) is 10.5 Å². The van der Waals surface area contributed by atoms with Crippen molar-refractivity contribution in [2.75, 3.05) is 5.32 Å². The van der Waals surface area contributed by atoms with Crippen LogP contribution in [0.3, 0.4) is 0 Å². The number of anilines is 2. The van der Waals surface area contributed by atoms with E-state index in [1.165, 1.54) is 18.2 Å². The standard InChI is InChI=1S/C13H6BrClF3N3O4/c14-7-3-1-2-4-8(7)19-11-9(20(22)23)5-6(13(16,17)18)10(15)12(11)21(24)25/h1-5,19H. The lowest BCUT2D eigenvalue weighted by Crippen LogP contribution is -2.11. The van der Waals surface area contributed by atoms with Crippen LogP contribution in [0.25, 0.3) is 0 Å². The first-order valence-electron chi connectivity index (χ1n) is 6.28. The molecule has 0 heterocycles. The van der Waals surface area contributed by atoms with Crippen LogP contribution in [0.2, 0.25) is 5.02 Å². The molecular formula is C13H6BrClF3N3O4. The van der Waals surface area contributed by atoms with Crippen molar-refractivity contribution in [1.82, 2.24) is 0 Å². The predicted octanol–water partition coefficient (Wildman–Crippen LogP) is 5.68. The summed E-state index contributed by atoms with van der Waals surface area (Å²) in [6.45, 7) is 0. The summed E-state index contributed by atoms with van der Waals surface area (Å²) in [5.74, 6) is 0. The molecule has 0 aromatic heterocycles. The second-order valence-electron chi connectivity index (χ2n) is 4.60. The van der Waals surface area contributed by atoms with Gasteiger partial charge in [-0.15, -0.1) is 0 Å². The van der Waals surface area contributed by atoms with Crippen molar-refractivity contribution in [1.29, 1.82) is 0 Å². The summed E-state index contributed by atoms with van der Waals surface area (Å²) in [4.78, 5) is 20.1. The van der Waals surface area contributed by atoms with E-state index in [-0.39, 0.29) is 11.8 Å². The maximum absolute atomic E-state index is 13.0. The zero-order valence-corrected chi connectivity index (χ0v) is 14.1. The number of alkyl halides is 3. The molecule has 0 saturated carbocycles. The molecule has 0 unspecified atom stereocenters. The first kappa shape index (κ1) is 18.9. The molecule has 0 aliphatic heterocycles. The Hall–Kier alpha value is -2.40. The van der Waals surface area contributed by atoms with Crippen molar-refractivity contribution in [3.63, 3.8) is 0 Å². The molecular weight excluding hydrogens is 435 g/mol. The van der Waals surface area contributed by atoms with Crippen LogP contribution in [0.5, 0.6) is 0 Å². The fourth-order valence-corrected chi connectivity index (χ4v) is 2.68. The van der Waals surface area contributed by atoms with Crippen molar-refractivity contribution < 1.29 is 23.0 Å². The lowest BCUT2D eigenvalue weighted by Gasteiger charge is -2.14. The molecule has 12 heteroatoms. The molecule has 0 aliphatic carbocycles. The molecule has 0 aliphatic rings. The minimum absolute atomic E-state index is 0.161. The molecule has 0 bridgehead atoms. The first-order chi connectivity index (χ1) is 11.5. The van der Waals surface area contributed by atoms with Crippen molar-refractivity contribution in [3.05, 3.63) is 65.6 Å². The number of halogens is 5. The van der Waals surface area contributed by atoms with Gasteiger partial charge in [-0.2, -0.15) is 13.2 Å². The van der Waals surface area contributed by atoms with Gasteiger partial charge in [-0.1, -0.05) is 23.7 Å². The van der Waals surface area contributed by atoms with E-state index in [0.717, 1.165) is 0 Å². The quantitative estimate of drug-likeness (QED) is 0.487. The fourth-order valence-electron chi connectivity index (χ4n) is 1.97. The third kappa shape index (κ3) is 3.82. The van der Waals surface area contributed by atoms with Gasteiger partial charge in [0.05, 0.1) is 21.1 Å². The molecule has 0 radical (unpaired) electrons. The molecule has 132 valence electrons. The highest BCUT2D eigenvalue weighted by Crippen LogP contribution is 2.48. The fraction of sp³-hybridized carbons (Fsp3) is 0.0769. The van der Waals surface area contributed by atoms with E-state index in [2.05, 4.69) is 21.2 Å². The van der Waals surface area contributed by atoms with Gasteiger partial charge < -0.3 is 5.32 Å². The monoisotopic (exact) mass is 439 g/mol. The summed E-state index contributed by atoms with van der Waals surface area (Å²) in [5, 5.41) is 23.6. The smallest absolute Gasteiger partial charge is 0.343 e. The van der Waals surface area contributed by atoms with Gasteiger partial charge in [0.1, 0.15) is 5.02 Å². The Morgan fingerprint density at radius 2 is 1.72 bits per heavy atom. The number of para-hydroxylation sites is 1. The molecule has 0 spiro atoms. The number of rotatable bonds is 4. The van der Waals surface area contributed by atoms with Gasteiger partial charge in [-0.3, -0.25) is 20.2 Å². The van der Waals surface area contributed by atoms with Gasteiger partial charge >= 0.3 is 17.6 Å². The topological polar surface area (TPSA) is 98.3 Å². The first-order valence-corrected chi connectivity index (χ1v) is 7.45. The van der Waals surface area contributed by atoms with Crippen LogP contribution in [-0.2, 0) is 6.18 Å². The SMILES string of the molecule is O=[N+]([O-])c1cc(C(F)(F)F)c(Cl)c([N+](=O)[O-])c1Nc1ccccc1Br. The molecule has 2 aromatic carbocycles. The zero-order valence-electron chi connectivity index (χ0n) is 11.8. The van der Waals surface area contributed by atoms with Gasteiger partial charge in [0.2, 0.25) is 0 Å². The van der Waals surface area contributed by atoms with Crippen LogP contribution in [-0.4, -0.2) is 9.85 Å². The van der Waals surface area contributed by atoms with E-state index in [9.17, 15) is 33.4 Å². The summed E-state index contributed by atoms with van der Waals surface area (Å²) in [7, 11) is 0. The van der Waals surface area contributed by atoms with Crippen LogP contribution < -0.4 is 5.32 Å². The number of nitrogens with zero attached hydrogens (tertiary/aromatic N) is 2. The predicted molar refractivity (Wildman–Crippen MR) is 87.2 cm³/mol. The van der Waals surface area contributed by atoms with Crippen molar-refractivity contribution in [3.8, 4) is 0 Å². The Labute approximate surface area is 150 Å². The molecule has 0 saturated heterocycles. The van der Waals surface area contributed by atoms with E-state index in [0.29, 0.717) is 4.47 Å². The van der Waals surface area contributed by atoms with Gasteiger partial charge in [-0.25, -0.2) is 0 Å². The number of hydrogen-bond acceptors (Lipinski definition) is 5. The summed E-state index contributed by atoms with van der Waals surface area (Å²) in [6.07, 6.45) is -5.10. The normalized spacial score (nSPS) is 11.2. The molecule has 0 fully saturated rings. The van der Waals surface area contributed by atoms with Crippen molar-refractivity contribution in [2.45, 2.75) is 6.18 Å². The summed E-state index contributed by atoms with van der Waals surface area (Å²) in [5.41, 5.74) is -4.60. The average molecular weight is 441 g/mol. The highest BCUT2D eigenvalue weighted by atomic mass is 79.9. The molecule has 2 aromatic rings. The highest BCUT2D eigenvalue weighted by molar-refractivity contribution is 9.10. The average Bonchev–Trinajstić information content (AvgIpc) is 2.47. The Bertz CT molecular complexity index is 876. The van der Waals surface area contributed by atoms with Crippen LogP contribution in [0.1, 0.15) is 5.56 Å². The Kier molecular flexibility index (Phi) is 5.18. The molecule has 25 heavy (non-hydrogen) atoms. The second-order valence-corrected chi connectivity index (χ2v) is 5.83. The van der Waals surface area contributed by atoms with Crippen molar-refractivity contribution >= 4 is 50.3 Å². The maximum atomic E-state index is 13.0. The Morgan fingerprint density at radius 3 is 2.20 bits per heavy atom. The van der Waals surface area contributed by atoms with Gasteiger partial charge in [0.15, 0.2) is 5.69 Å². The van der Waals surface area contributed by atoms with Gasteiger partial charge in [0.25, 0.3) is 0 Å². The summed E-state index contributed by atoms with van der Waals surface area (Å²) >= 11 is 8.67. The minimum Gasteiger partial charge on any atom is -0.343 e. The molecule has 7 nitrogen and oxygen atoms in total. The van der Waals surface area contributed by atoms with E-state index in [1.54, 1.807) is 6.07 Å². The molecule has 0 amide bonds. The largest absolute Gasteiger partial charge is 0.418 e. The number of hydrogen-bond donors (Lipinski definition) is 1. The third-order valence-electron chi connectivity index (χ3n) is 3.04. The second kappa shape index (κ2) is 6.84. The molecule has 0 atom stereocenters. The van der Waals surface area contributed by atoms with Crippen molar-refractivity contribution in [2.24, 2.45) is 0 Å². The van der Waals surface area contributed by atoms with Crippen LogP contribution in [0.15, 0.2) is 34.8 Å². The van der Waals surface area contributed by atoms with Gasteiger partial charge in [-0.05, 0) is 28.1 Å². The van der Waals surface area contributed by atoms with E-state index >= 15 is 0 Å². The zero-order chi connectivity index (χ0) is 18.9. The lowest BCUT2D eigenvalue weighted by molar-refractivity contribution is -0.392. The number of nitro benzene ring substituents is 2. The van der Waals surface area contributed by atoms with Crippen LogP contribution >= 0.6 is 27.5 Å². The molecule has 2 rings (SSSR count). The third-order valence-corrected chi connectivity index (χ3v) is 4.11. The van der Waals surface area contributed by atoms with E-state index in [1.807, 2.05) is 0 Å². The lowest BCUT2D eigenvalue weighted by atomic mass is 10.1. The summed E-state index contributed by atoms with van der Waals surface area (Å²) < 4.78 is 39.4. The molecule has 1 N–H and O–H groups in total. The van der Waals surface area contributed by atoms with E-state index in [4.69, 9.17) is 11.6 Å². The minimum atomic E-state index is -5.10. The Balaban J connectivity index is 2.81. The number of nitrogens with one attached hydrogen (secondary N) is 1. The van der Waals surface area contributed by atoms with E-state index < -0.39 is 43.7 Å². The highest BCUT2D eigenvalue weighted by Gasteiger charge is 2.42. The number of benzene rings is 2. The maximum Gasteiger partial charge on any atom is 0.418 e. The van der Waals surface area contributed by atoms with Crippen LogP contribution in [0.4, 0.5) is 35.9 Å². The summed E-state index contributed by atoms with van der Waals surface area (Å²) in [6, 6.07) is 6.25.